The summed E-state index contributed by atoms with van der Waals surface area (Å²) in [6.07, 6.45) is -23.2. The zero-order chi connectivity index (χ0) is 54.6. The molecule has 0 bridgehead atoms. The van der Waals surface area contributed by atoms with Crippen LogP contribution < -0.4 is 0 Å². The molecule has 0 amide bonds. The second-order valence-electron chi connectivity index (χ2n) is 24.5. The van der Waals surface area contributed by atoms with Gasteiger partial charge in [0.25, 0.3) is 0 Å². The Hall–Kier alpha value is -2.30. The van der Waals surface area contributed by atoms with Crippen molar-refractivity contribution in [3.8, 4) is 0 Å². The first-order valence-electron chi connectivity index (χ1n) is 26.2. The van der Waals surface area contributed by atoms with Crippen molar-refractivity contribution in [2.45, 2.75) is 211 Å². The molecule has 3 saturated heterocycles. The van der Waals surface area contributed by atoms with E-state index in [2.05, 4.69) is 26.8 Å². The van der Waals surface area contributed by atoms with Crippen molar-refractivity contribution >= 4 is 11.9 Å². The van der Waals surface area contributed by atoms with Gasteiger partial charge in [-0.3, -0.25) is 0 Å². The molecule has 8 aliphatic rings. The number of carbonyl (C=O) groups is 2. The van der Waals surface area contributed by atoms with E-state index in [0.717, 1.165) is 5.57 Å². The average molecular weight is 1060 g/mol. The Bertz CT molecular complexity index is 2120. The first-order chi connectivity index (χ1) is 34.6. The maximum atomic E-state index is 13.1. The molecule has 22 heteroatoms. The van der Waals surface area contributed by atoms with Crippen LogP contribution in [0.15, 0.2) is 23.3 Å². The van der Waals surface area contributed by atoms with E-state index in [0.29, 0.717) is 37.7 Å². The monoisotopic (exact) mass is 1060 g/mol. The Kier molecular flexibility index (Phi) is 16.2. The number of rotatable bonds is 13. The van der Waals surface area contributed by atoms with Gasteiger partial charge in [0.1, 0.15) is 73.2 Å². The molecule has 26 atom stereocenters. The van der Waals surface area contributed by atoms with E-state index in [4.69, 9.17) is 33.2 Å². The standard InChI is InChI=1S/C52H82O22/c1-9-22(2)43(67)74-41-40(64)52(21-56)24(16-47(41,3)4)23-10-11-28-48(5)14-13-30(49(6,20-55)27(48)12-15-50(28,7)51(23,8)17-29(52)57)70-46-39(73-45-35(62)33(60)31(58)25(18-53)68-45)37(36(63)38(72-46)42(65)66)71-44-34(61)32(59)26(19-54)69-44/h9-10,24-41,44-46,53-64H,11-21H2,1-8H3,(H,65,66)/b22-9-/t24-,25+,26-,27+,28+,29+,30-,31-,32-,33-,34+,35+,36-,37-,38-,39+,40-,41-,44-,45-,46+,48-,49+,50+,51+,52-/m0/s1. The van der Waals surface area contributed by atoms with Gasteiger partial charge in [0.2, 0.25) is 0 Å². The van der Waals surface area contributed by atoms with Gasteiger partial charge in [0.15, 0.2) is 25.0 Å². The fourth-order valence-corrected chi connectivity index (χ4v) is 15.7. The summed E-state index contributed by atoms with van der Waals surface area (Å²) in [6.45, 7) is 13.1. The van der Waals surface area contributed by atoms with E-state index in [1.165, 1.54) is 0 Å². The number of fused-ring (bicyclic) bond motifs is 7. The van der Waals surface area contributed by atoms with E-state index in [9.17, 15) is 76.0 Å². The Morgan fingerprint density at radius 1 is 0.703 bits per heavy atom. The predicted octanol–water partition coefficient (Wildman–Crippen LogP) is -1.25. The highest BCUT2D eigenvalue weighted by Crippen LogP contribution is 2.76. The van der Waals surface area contributed by atoms with Crippen LogP contribution in [0, 0.1) is 50.2 Å². The number of aliphatic carboxylic acids is 1. The van der Waals surface area contributed by atoms with Crippen molar-refractivity contribution in [3.05, 3.63) is 23.3 Å². The molecule has 7 fully saturated rings. The third-order valence-electron chi connectivity index (χ3n) is 20.4. The predicted molar refractivity (Wildman–Crippen MR) is 253 cm³/mol. The van der Waals surface area contributed by atoms with Crippen LogP contribution in [0.1, 0.15) is 100 Å². The summed E-state index contributed by atoms with van der Waals surface area (Å²) in [7, 11) is 0. The molecule has 3 heterocycles. The average Bonchev–Trinajstić information content (AvgIpc) is 3.62. The maximum Gasteiger partial charge on any atom is 0.335 e. The summed E-state index contributed by atoms with van der Waals surface area (Å²) in [6, 6.07) is 0. The van der Waals surface area contributed by atoms with Gasteiger partial charge in [-0.2, -0.15) is 0 Å². The zero-order valence-corrected chi connectivity index (χ0v) is 43.5. The lowest BCUT2D eigenvalue weighted by atomic mass is 9.33. The molecule has 0 spiro atoms. The molecular weight excluding hydrogens is 977 g/mol. The molecule has 74 heavy (non-hydrogen) atoms. The summed E-state index contributed by atoms with van der Waals surface area (Å²) in [5, 5.41) is 144. The molecule has 0 aromatic heterocycles. The summed E-state index contributed by atoms with van der Waals surface area (Å²) in [5.41, 5.74) is -3.50. The summed E-state index contributed by atoms with van der Waals surface area (Å²) >= 11 is 0. The lowest BCUT2D eigenvalue weighted by Gasteiger charge is -2.72. The topological polar surface area (TPSA) is 362 Å². The number of hydrogen-bond donors (Lipinski definition) is 13. The van der Waals surface area contributed by atoms with E-state index < -0.39 is 187 Å². The van der Waals surface area contributed by atoms with E-state index in [-0.39, 0.29) is 24.7 Å². The Labute approximate surface area is 430 Å². The largest absolute Gasteiger partial charge is 0.479 e. The van der Waals surface area contributed by atoms with Crippen LogP contribution in [0.5, 0.6) is 0 Å². The molecule has 0 aromatic carbocycles. The van der Waals surface area contributed by atoms with Gasteiger partial charge < -0.3 is 99.5 Å². The summed E-state index contributed by atoms with van der Waals surface area (Å²) in [5.74, 6) is -3.04. The van der Waals surface area contributed by atoms with Gasteiger partial charge in [-0.15, -0.1) is 0 Å². The van der Waals surface area contributed by atoms with Crippen LogP contribution in [0.3, 0.4) is 0 Å². The highest BCUT2D eigenvalue weighted by Gasteiger charge is 2.73. The molecular formula is C52H82O22. The van der Waals surface area contributed by atoms with Crippen LogP contribution in [0.25, 0.3) is 0 Å². The van der Waals surface area contributed by atoms with Crippen molar-refractivity contribution in [1.29, 1.82) is 0 Å². The third kappa shape index (κ3) is 8.77. The lowest BCUT2D eigenvalue weighted by Crippen LogP contribution is -2.72. The van der Waals surface area contributed by atoms with Gasteiger partial charge in [0, 0.05) is 16.4 Å². The first-order valence-corrected chi connectivity index (χ1v) is 26.2. The summed E-state index contributed by atoms with van der Waals surface area (Å²) in [4.78, 5) is 26.0. The number of allylic oxidation sites excluding steroid dienone is 3. The normalized spacial score (nSPS) is 52.2. The molecule has 5 aliphatic carbocycles. The minimum Gasteiger partial charge on any atom is -0.479 e. The number of carbonyl (C=O) groups excluding carboxylic acids is 1. The van der Waals surface area contributed by atoms with E-state index >= 15 is 0 Å². The molecule has 3 aliphatic heterocycles. The highest BCUT2D eigenvalue weighted by atomic mass is 16.8. The smallest absolute Gasteiger partial charge is 0.335 e. The second kappa shape index (κ2) is 20.7. The van der Waals surface area contributed by atoms with Crippen molar-refractivity contribution in [2.24, 2.45) is 50.2 Å². The van der Waals surface area contributed by atoms with Crippen LogP contribution in [-0.4, -0.2) is 215 Å². The molecule has 0 radical (unpaired) electrons. The fraction of sp³-hybridized carbons (Fsp3) is 0.885. The van der Waals surface area contributed by atoms with Crippen molar-refractivity contribution < 1.29 is 109 Å². The van der Waals surface area contributed by atoms with Crippen LogP contribution in [-0.2, 0) is 42.7 Å². The Balaban J connectivity index is 1.12. The molecule has 0 aromatic rings. The zero-order valence-electron chi connectivity index (χ0n) is 43.5. The molecule has 22 nitrogen and oxygen atoms in total. The van der Waals surface area contributed by atoms with Crippen LogP contribution >= 0.6 is 0 Å². The molecule has 8 rings (SSSR count). The number of ether oxygens (including phenoxy) is 7. The first kappa shape index (κ1) is 57.9. The highest BCUT2D eigenvalue weighted by molar-refractivity contribution is 5.87. The number of aliphatic hydroxyl groups excluding tert-OH is 12. The third-order valence-corrected chi connectivity index (χ3v) is 20.4. The van der Waals surface area contributed by atoms with Crippen molar-refractivity contribution in [2.75, 3.05) is 26.4 Å². The molecule has 13 N–H and O–H groups in total. The van der Waals surface area contributed by atoms with Crippen LogP contribution in [0.4, 0.5) is 0 Å². The number of esters is 1. The number of aliphatic hydroxyl groups is 12. The number of carboxylic acids is 1. The van der Waals surface area contributed by atoms with Crippen molar-refractivity contribution in [3.63, 3.8) is 0 Å². The van der Waals surface area contributed by atoms with Gasteiger partial charge in [0.05, 0.1) is 44.1 Å². The Morgan fingerprint density at radius 2 is 1.30 bits per heavy atom. The van der Waals surface area contributed by atoms with Gasteiger partial charge in [-0.25, -0.2) is 9.59 Å². The minimum atomic E-state index is -2.14. The minimum absolute atomic E-state index is 0.0457. The van der Waals surface area contributed by atoms with Gasteiger partial charge in [-0.05, 0) is 92.8 Å². The molecule has 0 unspecified atom stereocenters. The van der Waals surface area contributed by atoms with Crippen LogP contribution in [0.2, 0.25) is 0 Å². The number of hydrogen-bond acceptors (Lipinski definition) is 21. The second-order valence-corrected chi connectivity index (χ2v) is 24.5. The SMILES string of the molecule is C/C=C(/C)C(=O)O[C@H]1[C@H](O)[C@]2(CO)[C@H](O)C[C@]3(C)C(=CC[C@@H]4[C@@]5(C)CC[C@H](O[C@@H]6O[C@H](C(=O)O)[C@@H](O)[C@H](O[C@@H]7O[C@@H](CO)[C@H](O)[C@H]7O)[C@H]6O[C@@H]6O[C@H](CO)[C@H](O)[C@H](O)[C@H]6O)[C@](C)(CO)[C@@H]5CC[C@]43C)[C@@H]2CC1(C)C. The van der Waals surface area contributed by atoms with Gasteiger partial charge in [-0.1, -0.05) is 59.3 Å². The van der Waals surface area contributed by atoms with E-state index in [1.54, 1.807) is 19.9 Å². The Morgan fingerprint density at radius 3 is 1.86 bits per heavy atom. The molecule has 422 valence electrons. The van der Waals surface area contributed by atoms with E-state index in [1.807, 2.05) is 20.8 Å². The summed E-state index contributed by atoms with van der Waals surface area (Å²) < 4.78 is 42.2. The maximum absolute atomic E-state index is 13.1. The fourth-order valence-electron chi connectivity index (χ4n) is 15.7. The van der Waals surface area contributed by atoms with Crippen molar-refractivity contribution in [1.82, 2.24) is 0 Å². The lowest BCUT2D eigenvalue weighted by molar-refractivity contribution is -0.387. The van der Waals surface area contributed by atoms with Gasteiger partial charge >= 0.3 is 11.9 Å². The molecule has 4 saturated carbocycles. The quantitative estimate of drug-likeness (QED) is 0.0443. The number of carboxylic acid groups (broad SMARTS) is 1.